The van der Waals surface area contributed by atoms with Gasteiger partial charge in [0.25, 0.3) is 0 Å². The molecule has 1 heterocycles. The third kappa shape index (κ3) is 4.49. The number of nitrogens with zero attached hydrogens (tertiary/aromatic N) is 1. The smallest absolute Gasteiger partial charge is 0.110 e. The number of thiazole rings is 1. The van der Waals surface area contributed by atoms with Gasteiger partial charge < -0.3 is 10.4 Å². The fraction of sp³-hybridized carbons (Fsp3) is 0.727. The van der Waals surface area contributed by atoms with E-state index < -0.39 is 0 Å². The zero-order valence-corrected chi connectivity index (χ0v) is 12.4. The van der Waals surface area contributed by atoms with E-state index in [0.29, 0.717) is 0 Å². The molecule has 0 spiro atoms. The topological polar surface area (TPSA) is 45.1 Å². The van der Waals surface area contributed by atoms with Crippen molar-refractivity contribution < 1.29 is 5.11 Å². The fourth-order valence-corrected chi connectivity index (χ4v) is 2.65. The quantitative estimate of drug-likeness (QED) is 0.849. The van der Waals surface area contributed by atoms with Gasteiger partial charge in [-0.25, -0.2) is 4.98 Å². The lowest BCUT2D eigenvalue weighted by molar-refractivity contribution is 0.203. The number of nitrogens with one attached hydrogen (secondary N) is 1. The van der Waals surface area contributed by atoms with Crippen molar-refractivity contribution in [1.82, 2.24) is 10.3 Å². The van der Waals surface area contributed by atoms with Crippen LogP contribution in [0.2, 0.25) is 0 Å². The van der Waals surface area contributed by atoms with Crippen molar-refractivity contribution in [2.45, 2.75) is 33.2 Å². The highest BCUT2D eigenvalue weighted by atomic mass is 79.9. The average Bonchev–Trinajstić information content (AvgIpc) is 2.61. The summed E-state index contributed by atoms with van der Waals surface area (Å²) in [7, 11) is 0. The zero-order chi connectivity index (χ0) is 12.2. The molecule has 0 aromatic carbocycles. The molecule has 0 saturated carbocycles. The minimum absolute atomic E-state index is 0.123. The molecule has 0 fully saturated rings. The van der Waals surface area contributed by atoms with Crippen molar-refractivity contribution in [3.8, 4) is 0 Å². The average molecular weight is 307 g/mol. The van der Waals surface area contributed by atoms with E-state index in [1.807, 2.05) is 6.20 Å². The third-order valence-electron chi connectivity index (χ3n) is 2.54. The summed E-state index contributed by atoms with van der Waals surface area (Å²) < 4.78 is 1.06. The van der Waals surface area contributed by atoms with Gasteiger partial charge in [-0.15, -0.1) is 11.3 Å². The van der Waals surface area contributed by atoms with Crippen LogP contribution in [-0.4, -0.2) is 23.2 Å². The fourth-order valence-electron chi connectivity index (χ4n) is 1.37. The van der Waals surface area contributed by atoms with E-state index >= 15 is 0 Å². The summed E-state index contributed by atoms with van der Waals surface area (Å²) >= 11 is 5.06. The predicted octanol–water partition coefficient (Wildman–Crippen LogP) is 2.96. The van der Waals surface area contributed by atoms with Gasteiger partial charge in [0.1, 0.15) is 5.01 Å². The van der Waals surface area contributed by atoms with E-state index in [2.05, 4.69) is 47.0 Å². The molecule has 0 radical (unpaired) electrons. The van der Waals surface area contributed by atoms with Crippen LogP contribution in [0.15, 0.2) is 9.98 Å². The van der Waals surface area contributed by atoms with Crippen molar-refractivity contribution in [3.05, 3.63) is 15.0 Å². The van der Waals surface area contributed by atoms with E-state index in [-0.39, 0.29) is 18.1 Å². The van der Waals surface area contributed by atoms with Gasteiger partial charge in [-0.3, -0.25) is 0 Å². The standard InChI is InChI=1S/C11H19BrN2OS/c1-8(10-13-6-9(12)16-10)14-7-11(2,3)4-5-15/h6,8,14-15H,4-5,7H2,1-3H3. The second kappa shape index (κ2) is 6.10. The van der Waals surface area contributed by atoms with Crippen LogP contribution in [0.5, 0.6) is 0 Å². The molecular formula is C11H19BrN2OS. The number of rotatable bonds is 6. The monoisotopic (exact) mass is 306 g/mol. The van der Waals surface area contributed by atoms with Gasteiger partial charge >= 0.3 is 0 Å². The lowest BCUT2D eigenvalue weighted by Gasteiger charge is -2.25. The van der Waals surface area contributed by atoms with E-state index in [1.54, 1.807) is 11.3 Å². The predicted molar refractivity (Wildman–Crippen MR) is 71.7 cm³/mol. The number of aliphatic hydroxyl groups excluding tert-OH is 1. The molecule has 3 nitrogen and oxygen atoms in total. The molecule has 92 valence electrons. The van der Waals surface area contributed by atoms with E-state index in [4.69, 9.17) is 5.11 Å². The van der Waals surface area contributed by atoms with Crippen LogP contribution in [0.4, 0.5) is 0 Å². The Labute approximate surface area is 109 Å². The number of aromatic nitrogens is 1. The first-order valence-electron chi connectivity index (χ1n) is 5.40. The van der Waals surface area contributed by atoms with Gasteiger partial charge in [0.05, 0.1) is 16.0 Å². The largest absolute Gasteiger partial charge is 0.396 e. The molecule has 0 amide bonds. The normalized spacial score (nSPS) is 14.1. The Kier molecular flexibility index (Phi) is 5.37. The van der Waals surface area contributed by atoms with Crippen LogP contribution in [0.25, 0.3) is 0 Å². The molecule has 5 heteroatoms. The highest BCUT2D eigenvalue weighted by Gasteiger charge is 2.19. The summed E-state index contributed by atoms with van der Waals surface area (Å²) in [6.07, 6.45) is 2.64. The molecule has 16 heavy (non-hydrogen) atoms. The number of halogens is 1. The van der Waals surface area contributed by atoms with Crippen LogP contribution < -0.4 is 5.32 Å². The molecule has 1 unspecified atom stereocenters. The maximum absolute atomic E-state index is 8.94. The van der Waals surface area contributed by atoms with Gasteiger partial charge in [-0.05, 0) is 34.7 Å². The second-order valence-corrected chi connectivity index (χ2v) is 7.18. The highest BCUT2D eigenvalue weighted by Crippen LogP contribution is 2.25. The molecule has 1 atom stereocenters. The first-order valence-corrected chi connectivity index (χ1v) is 7.01. The summed E-state index contributed by atoms with van der Waals surface area (Å²) in [6.45, 7) is 7.54. The lowest BCUT2D eigenvalue weighted by atomic mass is 9.89. The maximum atomic E-state index is 8.94. The first-order chi connectivity index (χ1) is 7.44. The Balaban J connectivity index is 2.43. The number of hydrogen-bond donors (Lipinski definition) is 2. The Hall–Kier alpha value is 0.0300. The van der Waals surface area contributed by atoms with E-state index in [9.17, 15) is 0 Å². The molecule has 0 aliphatic carbocycles. The van der Waals surface area contributed by atoms with Crippen molar-refractivity contribution in [2.75, 3.05) is 13.2 Å². The second-order valence-electron chi connectivity index (χ2n) is 4.74. The molecule has 1 rings (SSSR count). The molecule has 0 aliphatic heterocycles. The Morgan fingerprint density at radius 1 is 1.62 bits per heavy atom. The van der Waals surface area contributed by atoms with Crippen molar-refractivity contribution in [3.63, 3.8) is 0 Å². The van der Waals surface area contributed by atoms with Crippen molar-refractivity contribution in [1.29, 1.82) is 0 Å². The number of aliphatic hydroxyl groups is 1. The molecule has 0 bridgehead atoms. The summed E-state index contributed by atoms with van der Waals surface area (Å²) in [4.78, 5) is 4.32. The lowest BCUT2D eigenvalue weighted by Crippen LogP contribution is -2.32. The van der Waals surface area contributed by atoms with Crippen LogP contribution in [0.3, 0.4) is 0 Å². The van der Waals surface area contributed by atoms with E-state index in [0.717, 1.165) is 21.8 Å². The molecule has 1 aromatic rings. The van der Waals surface area contributed by atoms with Crippen molar-refractivity contribution in [2.24, 2.45) is 5.41 Å². The van der Waals surface area contributed by atoms with Gasteiger partial charge in [-0.1, -0.05) is 13.8 Å². The molecule has 0 aliphatic rings. The Morgan fingerprint density at radius 3 is 2.81 bits per heavy atom. The SMILES string of the molecule is CC(NCC(C)(C)CCO)c1ncc(Br)s1. The van der Waals surface area contributed by atoms with Crippen LogP contribution in [-0.2, 0) is 0 Å². The van der Waals surface area contributed by atoms with Gasteiger partial charge in [0.15, 0.2) is 0 Å². The zero-order valence-electron chi connectivity index (χ0n) is 9.96. The van der Waals surface area contributed by atoms with Crippen molar-refractivity contribution >= 4 is 27.3 Å². The van der Waals surface area contributed by atoms with Gasteiger partial charge in [0.2, 0.25) is 0 Å². The molecule has 2 N–H and O–H groups in total. The highest BCUT2D eigenvalue weighted by molar-refractivity contribution is 9.11. The maximum Gasteiger partial charge on any atom is 0.110 e. The minimum atomic E-state index is 0.123. The summed E-state index contributed by atoms with van der Waals surface area (Å²) in [5, 5.41) is 13.5. The van der Waals surface area contributed by atoms with E-state index in [1.165, 1.54) is 0 Å². The Bertz CT molecular complexity index is 328. The number of hydrogen-bond acceptors (Lipinski definition) is 4. The third-order valence-corrected chi connectivity index (χ3v) is 4.20. The molecule has 0 saturated heterocycles. The molecule has 1 aromatic heterocycles. The van der Waals surface area contributed by atoms with Gasteiger partial charge in [0, 0.05) is 13.2 Å². The van der Waals surface area contributed by atoms with Crippen LogP contribution in [0.1, 0.15) is 38.2 Å². The van der Waals surface area contributed by atoms with Crippen LogP contribution in [0, 0.1) is 5.41 Å². The Morgan fingerprint density at radius 2 is 2.31 bits per heavy atom. The first kappa shape index (κ1) is 14.1. The minimum Gasteiger partial charge on any atom is -0.396 e. The summed E-state index contributed by atoms with van der Waals surface area (Å²) in [6, 6.07) is 0.259. The summed E-state index contributed by atoms with van der Waals surface area (Å²) in [5.74, 6) is 0. The van der Waals surface area contributed by atoms with Gasteiger partial charge in [-0.2, -0.15) is 0 Å². The summed E-state index contributed by atoms with van der Waals surface area (Å²) in [5.41, 5.74) is 0.123. The van der Waals surface area contributed by atoms with Crippen LogP contribution >= 0.6 is 27.3 Å². The molecular weight excluding hydrogens is 288 g/mol.